The second-order valence-electron chi connectivity index (χ2n) is 4.76. The zero-order chi connectivity index (χ0) is 11.2. The average Bonchev–Trinajstić information content (AvgIpc) is 2.81. The molecule has 1 saturated heterocycles. The third-order valence-corrected chi connectivity index (χ3v) is 3.34. The quantitative estimate of drug-likeness (QED) is 0.737. The van der Waals surface area contributed by atoms with Gasteiger partial charge in [-0.15, -0.1) is 0 Å². The molecular weight excluding hydrogens is 202 g/mol. The zero-order valence-corrected chi connectivity index (χ0v) is 9.87. The van der Waals surface area contributed by atoms with Crippen LogP contribution < -0.4 is 5.43 Å². The van der Waals surface area contributed by atoms with Gasteiger partial charge in [0, 0.05) is 5.71 Å². The predicted octanol–water partition coefficient (Wildman–Crippen LogP) is 1.52. The van der Waals surface area contributed by atoms with Gasteiger partial charge in [0.05, 0.1) is 6.54 Å². The van der Waals surface area contributed by atoms with E-state index in [1.165, 1.54) is 32.1 Å². The first kappa shape index (κ1) is 11.6. The van der Waals surface area contributed by atoms with Crippen molar-refractivity contribution in [2.45, 2.75) is 44.9 Å². The lowest BCUT2D eigenvalue weighted by Crippen LogP contribution is -2.38. The van der Waals surface area contributed by atoms with Crippen molar-refractivity contribution >= 4 is 11.6 Å². The van der Waals surface area contributed by atoms with Gasteiger partial charge in [0.2, 0.25) is 0 Å². The molecule has 1 saturated carbocycles. The van der Waals surface area contributed by atoms with E-state index in [-0.39, 0.29) is 5.91 Å². The van der Waals surface area contributed by atoms with Gasteiger partial charge in [-0.05, 0) is 51.6 Å². The van der Waals surface area contributed by atoms with Gasteiger partial charge in [-0.2, -0.15) is 5.10 Å². The number of amides is 1. The molecule has 16 heavy (non-hydrogen) atoms. The third-order valence-electron chi connectivity index (χ3n) is 3.34. The number of hydrogen-bond donors (Lipinski definition) is 1. The van der Waals surface area contributed by atoms with Crippen LogP contribution >= 0.6 is 0 Å². The highest BCUT2D eigenvalue weighted by Crippen LogP contribution is 2.13. The summed E-state index contributed by atoms with van der Waals surface area (Å²) in [4.78, 5) is 13.8. The summed E-state index contributed by atoms with van der Waals surface area (Å²) in [5.74, 6) is 0.0429. The van der Waals surface area contributed by atoms with E-state index in [4.69, 9.17) is 0 Å². The summed E-state index contributed by atoms with van der Waals surface area (Å²) in [5, 5.41) is 4.18. The molecule has 4 heteroatoms. The van der Waals surface area contributed by atoms with E-state index in [0.29, 0.717) is 6.54 Å². The van der Waals surface area contributed by atoms with Crippen molar-refractivity contribution in [1.82, 2.24) is 10.3 Å². The van der Waals surface area contributed by atoms with Crippen molar-refractivity contribution in [3.8, 4) is 0 Å². The Kier molecular flexibility index (Phi) is 4.34. The van der Waals surface area contributed by atoms with Crippen LogP contribution in [0.1, 0.15) is 44.9 Å². The van der Waals surface area contributed by atoms with Crippen LogP contribution in [0.15, 0.2) is 5.10 Å². The molecule has 0 aromatic rings. The molecule has 0 atom stereocenters. The van der Waals surface area contributed by atoms with Crippen LogP contribution in [0.3, 0.4) is 0 Å². The average molecular weight is 223 g/mol. The van der Waals surface area contributed by atoms with E-state index < -0.39 is 0 Å². The van der Waals surface area contributed by atoms with Crippen LogP contribution in [-0.2, 0) is 4.79 Å². The first-order valence-electron chi connectivity index (χ1n) is 6.41. The Morgan fingerprint density at radius 2 is 1.81 bits per heavy atom. The second-order valence-corrected chi connectivity index (χ2v) is 4.76. The van der Waals surface area contributed by atoms with Crippen LogP contribution in [0.4, 0.5) is 0 Å². The van der Waals surface area contributed by atoms with Gasteiger partial charge in [0.1, 0.15) is 0 Å². The largest absolute Gasteiger partial charge is 0.294 e. The van der Waals surface area contributed by atoms with E-state index in [1.54, 1.807) is 0 Å². The molecule has 2 rings (SSSR count). The van der Waals surface area contributed by atoms with Gasteiger partial charge in [-0.1, -0.05) is 6.42 Å². The molecule has 2 aliphatic rings. The summed E-state index contributed by atoms with van der Waals surface area (Å²) < 4.78 is 0. The summed E-state index contributed by atoms with van der Waals surface area (Å²) in [6.45, 7) is 2.63. The highest BCUT2D eigenvalue weighted by molar-refractivity contribution is 5.88. The molecule has 1 heterocycles. The molecule has 1 amide bonds. The monoisotopic (exact) mass is 223 g/mol. The molecule has 1 aliphatic carbocycles. The van der Waals surface area contributed by atoms with Crippen molar-refractivity contribution in [2.75, 3.05) is 19.6 Å². The second kappa shape index (κ2) is 5.99. The van der Waals surface area contributed by atoms with Gasteiger partial charge in [0.15, 0.2) is 0 Å². The molecule has 0 bridgehead atoms. The normalized spacial score (nSPS) is 22.1. The Morgan fingerprint density at radius 3 is 2.50 bits per heavy atom. The lowest BCUT2D eigenvalue weighted by atomic mass is 10.1. The maximum absolute atomic E-state index is 11.6. The van der Waals surface area contributed by atoms with Gasteiger partial charge in [0.25, 0.3) is 5.91 Å². The first-order chi connectivity index (χ1) is 7.84. The van der Waals surface area contributed by atoms with Crippen LogP contribution in [0, 0.1) is 0 Å². The lowest BCUT2D eigenvalue weighted by molar-refractivity contribution is -0.122. The third kappa shape index (κ3) is 3.59. The highest BCUT2D eigenvalue weighted by atomic mass is 16.2. The fraction of sp³-hybridized carbons (Fsp3) is 0.833. The Hall–Kier alpha value is -0.900. The molecule has 2 fully saturated rings. The Morgan fingerprint density at radius 1 is 1.12 bits per heavy atom. The number of carbonyl (C=O) groups is 1. The molecule has 4 nitrogen and oxygen atoms in total. The highest BCUT2D eigenvalue weighted by Gasteiger charge is 2.14. The maximum atomic E-state index is 11.6. The summed E-state index contributed by atoms with van der Waals surface area (Å²) in [6, 6.07) is 0. The molecule has 0 radical (unpaired) electrons. The number of carbonyl (C=O) groups excluding carboxylic acids is 1. The number of nitrogens with zero attached hydrogens (tertiary/aromatic N) is 2. The van der Waals surface area contributed by atoms with E-state index in [0.717, 1.165) is 31.6 Å². The minimum absolute atomic E-state index is 0.0429. The molecule has 0 aromatic carbocycles. The Labute approximate surface area is 97.1 Å². The van der Waals surface area contributed by atoms with Crippen LogP contribution in [0.2, 0.25) is 0 Å². The summed E-state index contributed by atoms with van der Waals surface area (Å²) >= 11 is 0. The van der Waals surface area contributed by atoms with E-state index in [9.17, 15) is 4.79 Å². The first-order valence-corrected chi connectivity index (χ1v) is 6.41. The van der Waals surface area contributed by atoms with E-state index in [2.05, 4.69) is 15.4 Å². The smallest absolute Gasteiger partial charge is 0.254 e. The number of rotatable bonds is 3. The number of hydrazone groups is 1. The fourth-order valence-corrected chi connectivity index (χ4v) is 2.39. The van der Waals surface area contributed by atoms with E-state index in [1.807, 2.05) is 0 Å². The zero-order valence-electron chi connectivity index (χ0n) is 9.87. The van der Waals surface area contributed by atoms with Crippen molar-refractivity contribution in [3.05, 3.63) is 0 Å². The number of hydrogen-bond acceptors (Lipinski definition) is 3. The topological polar surface area (TPSA) is 44.7 Å². The van der Waals surface area contributed by atoms with Gasteiger partial charge >= 0.3 is 0 Å². The molecule has 0 aromatic heterocycles. The number of piperidine rings is 1. The molecule has 90 valence electrons. The Bertz CT molecular complexity index is 261. The number of nitrogens with one attached hydrogen (secondary N) is 1. The van der Waals surface area contributed by atoms with Crippen LogP contribution in [0.5, 0.6) is 0 Å². The van der Waals surface area contributed by atoms with Crippen LogP contribution in [-0.4, -0.2) is 36.2 Å². The SMILES string of the molecule is O=C(CN1CCCCC1)NN=C1CCCC1. The van der Waals surface area contributed by atoms with Crippen molar-refractivity contribution < 1.29 is 4.79 Å². The molecule has 0 spiro atoms. The van der Waals surface area contributed by atoms with Crippen molar-refractivity contribution in [2.24, 2.45) is 5.10 Å². The van der Waals surface area contributed by atoms with E-state index >= 15 is 0 Å². The van der Waals surface area contributed by atoms with Crippen LogP contribution in [0.25, 0.3) is 0 Å². The predicted molar refractivity (Wildman–Crippen MR) is 64.3 cm³/mol. The minimum Gasteiger partial charge on any atom is -0.294 e. The molecular formula is C12H21N3O. The summed E-state index contributed by atoms with van der Waals surface area (Å²) in [7, 11) is 0. The molecule has 1 aliphatic heterocycles. The minimum atomic E-state index is 0.0429. The maximum Gasteiger partial charge on any atom is 0.254 e. The Balaban J connectivity index is 1.68. The van der Waals surface area contributed by atoms with Gasteiger partial charge < -0.3 is 0 Å². The molecule has 1 N–H and O–H groups in total. The fourth-order valence-electron chi connectivity index (χ4n) is 2.39. The standard InChI is InChI=1S/C12H21N3O/c16-12(10-15-8-4-1-5-9-15)14-13-11-6-2-3-7-11/h1-10H2,(H,14,16). The van der Waals surface area contributed by atoms with Gasteiger partial charge in [-0.25, -0.2) is 5.43 Å². The van der Waals surface area contributed by atoms with Crippen molar-refractivity contribution in [3.63, 3.8) is 0 Å². The summed E-state index contributed by atoms with van der Waals surface area (Å²) in [5.41, 5.74) is 3.84. The summed E-state index contributed by atoms with van der Waals surface area (Å²) in [6.07, 6.45) is 8.32. The van der Waals surface area contributed by atoms with Crippen molar-refractivity contribution in [1.29, 1.82) is 0 Å². The molecule has 0 unspecified atom stereocenters. The lowest BCUT2D eigenvalue weighted by Gasteiger charge is -2.25. The van der Waals surface area contributed by atoms with Gasteiger partial charge in [-0.3, -0.25) is 9.69 Å². The number of likely N-dealkylation sites (tertiary alicyclic amines) is 1.